The van der Waals surface area contributed by atoms with Crippen molar-refractivity contribution in [1.82, 2.24) is 14.5 Å². The number of aryl methyl sites for hydroxylation is 2. The van der Waals surface area contributed by atoms with Crippen LogP contribution in [0.5, 0.6) is 0 Å². The third-order valence-corrected chi connectivity index (χ3v) is 4.29. The van der Waals surface area contributed by atoms with Crippen molar-refractivity contribution in [3.63, 3.8) is 0 Å². The first-order valence-electron chi connectivity index (χ1n) is 8.65. The number of carbonyl (C=O) groups excluding carboxylic acids is 1. The summed E-state index contributed by atoms with van der Waals surface area (Å²) < 4.78 is 32.0. The molecular weight excluding hydrogens is 366 g/mol. The van der Waals surface area contributed by atoms with Gasteiger partial charge in [-0.2, -0.15) is 0 Å². The lowest BCUT2D eigenvalue weighted by Crippen LogP contribution is -2.16. The molecule has 0 atom stereocenters. The van der Waals surface area contributed by atoms with Gasteiger partial charge in [0.15, 0.2) is 5.76 Å². The van der Waals surface area contributed by atoms with Gasteiger partial charge in [0, 0.05) is 24.9 Å². The Morgan fingerprint density at radius 1 is 1.18 bits per heavy atom. The first kappa shape index (κ1) is 17.8. The van der Waals surface area contributed by atoms with E-state index in [4.69, 9.17) is 4.42 Å². The molecular formula is C20H16F2N4O2. The third-order valence-electron chi connectivity index (χ3n) is 4.29. The molecule has 8 heteroatoms. The molecule has 0 fully saturated rings. The number of furan rings is 1. The van der Waals surface area contributed by atoms with Crippen LogP contribution >= 0.6 is 0 Å². The lowest BCUT2D eigenvalue weighted by molar-refractivity contribution is 0.102. The normalized spacial score (nSPS) is 11.2. The first-order chi connectivity index (χ1) is 13.6. The molecule has 1 aromatic carbocycles. The van der Waals surface area contributed by atoms with Gasteiger partial charge in [0.1, 0.15) is 6.26 Å². The van der Waals surface area contributed by atoms with Crippen LogP contribution in [-0.2, 0) is 13.0 Å². The van der Waals surface area contributed by atoms with Gasteiger partial charge < -0.3 is 8.98 Å². The number of carbonyl (C=O) groups is 1. The highest BCUT2D eigenvalue weighted by Crippen LogP contribution is 2.23. The number of nitrogens with zero attached hydrogens (tertiary/aromatic N) is 3. The van der Waals surface area contributed by atoms with Gasteiger partial charge in [0.05, 0.1) is 16.6 Å². The maximum Gasteiger partial charge on any atom is 0.295 e. The average molecular weight is 382 g/mol. The monoisotopic (exact) mass is 382 g/mol. The number of halogens is 2. The molecule has 4 aromatic rings. The summed E-state index contributed by atoms with van der Waals surface area (Å²) in [4.78, 5) is 21.2. The van der Waals surface area contributed by atoms with Gasteiger partial charge in [-0.25, -0.2) is 13.8 Å². The highest BCUT2D eigenvalue weighted by Gasteiger charge is 2.19. The maximum absolute atomic E-state index is 12.7. The number of fused-ring (bicyclic) bond motifs is 1. The van der Waals surface area contributed by atoms with Crippen molar-refractivity contribution >= 4 is 22.9 Å². The van der Waals surface area contributed by atoms with Crippen LogP contribution in [0.3, 0.4) is 0 Å². The Hall–Kier alpha value is -3.55. The SMILES string of the molecule is O=C(Nc1nc2ccccc2n1CCc1ccccn1)c1coc(C(F)F)c1. The predicted molar refractivity (Wildman–Crippen MR) is 99.3 cm³/mol. The lowest BCUT2D eigenvalue weighted by atomic mass is 10.2. The largest absolute Gasteiger partial charge is 0.462 e. The second kappa shape index (κ2) is 7.59. The Labute approximate surface area is 158 Å². The summed E-state index contributed by atoms with van der Waals surface area (Å²) in [6, 6.07) is 14.2. The van der Waals surface area contributed by atoms with E-state index >= 15 is 0 Å². The van der Waals surface area contributed by atoms with Gasteiger partial charge in [-0.15, -0.1) is 0 Å². The van der Waals surface area contributed by atoms with Crippen LogP contribution in [0.2, 0.25) is 0 Å². The zero-order valence-electron chi connectivity index (χ0n) is 14.7. The fourth-order valence-corrected chi connectivity index (χ4v) is 2.93. The van der Waals surface area contributed by atoms with Crippen LogP contribution in [0, 0.1) is 0 Å². The van der Waals surface area contributed by atoms with Gasteiger partial charge >= 0.3 is 0 Å². The minimum Gasteiger partial charge on any atom is -0.462 e. The first-order valence-corrected chi connectivity index (χ1v) is 8.65. The number of imidazole rings is 1. The zero-order chi connectivity index (χ0) is 19.5. The topological polar surface area (TPSA) is 73.0 Å². The molecule has 0 bridgehead atoms. The number of para-hydroxylation sites is 2. The van der Waals surface area contributed by atoms with E-state index < -0.39 is 18.1 Å². The number of anilines is 1. The van der Waals surface area contributed by atoms with E-state index in [9.17, 15) is 13.6 Å². The number of alkyl halides is 2. The Bertz CT molecular complexity index is 1110. The number of nitrogens with one attached hydrogen (secondary N) is 1. The highest BCUT2D eigenvalue weighted by molar-refractivity contribution is 6.04. The minimum absolute atomic E-state index is 0.0126. The van der Waals surface area contributed by atoms with Crippen LogP contribution in [0.15, 0.2) is 65.4 Å². The minimum atomic E-state index is -2.77. The Morgan fingerprint density at radius 2 is 2.00 bits per heavy atom. The Morgan fingerprint density at radius 3 is 2.75 bits per heavy atom. The van der Waals surface area contributed by atoms with E-state index in [1.54, 1.807) is 6.20 Å². The number of hydrogen-bond acceptors (Lipinski definition) is 4. The molecule has 0 saturated carbocycles. The van der Waals surface area contributed by atoms with E-state index in [2.05, 4.69) is 15.3 Å². The van der Waals surface area contributed by atoms with Gasteiger partial charge in [-0.3, -0.25) is 15.1 Å². The quantitative estimate of drug-likeness (QED) is 0.534. The van der Waals surface area contributed by atoms with Crippen molar-refractivity contribution < 1.29 is 18.0 Å². The van der Waals surface area contributed by atoms with Gasteiger partial charge in [-0.05, 0) is 30.3 Å². The molecule has 3 aromatic heterocycles. The molecule has 6 nitrogen and oxygen atoms in total. The summed E-state index contributed by atoms with van der Waals surface area (Å²) in [5.74, 6) is -0.777. The molecule has 1 N–H and O–H groups in total. The van der Waals surface area contributed by atoms with Crippen LogP contribution in [0.1, 0.15) is 28.2 Å². The fraction of sp³-hybridized carbons (Fsp3) is 0.150. The Balaban J connectivity index is 1.61. The van der Waals surface area contributed by atoms with Gasteiger partial charge in [0.2, 0.25) is 5.95 Å². The number of pyridine rings is 1. The molecule has 4 rings (SSSR count). The van der Waals surface area contributed by atoms with E-state index in [1.165, 1.54) is 0 Å². The fourth-order valence-electron chi connectivity index (χ4n) is 2.93. The van der Waals surface area contributed by atoms with Crippen molar-refractivity contribution in [2.45, 2.75) is 19.4 Å². The molecule has 3 heterocycles. The predicted octanol–water partition coefficient (Wildman–Crippen LogP) is 4.46. The molecule has 0 spiro atoms. The van der Waals surface area contributed by atoms with Crippen LogP contribution < -0.4 is 5.32 Å². The molecule has 0 aliphatic carbocycles. The molecule has 0 saturated heterocycles. The van der Waals surface area contributed by atoms with Crippen molar-refractivity contribution in [2.75, 3.05) is 5.32 Å². The smallest absolute Gasteiger partial charge is 0.295 e. The van der Waals surface area contributed by atoms with Crippen molar-refractivity contribution in [2.24, 2.45) is 0 Å². The summed E-state index contributed by atoms with van der Waals surface area (Å²) in [7, 11) is 0. The molecule has 28 heavy (non-hydrogen) atoms. The van der Waals surface area contributed by atoms with Crippen LogP contribution in [-0.4, -0.2) is 20.4 Å². The molecule has 142 valence electrons. The summed E-state index contributed by atoms with van der Waals surface area (Å²) in [5.41, 5.74) is 2.50. The van der Waals surface area contributed by atoms with Gasteiger partial charge in [0.25, 0.3) is 12.3 Å². The number of rotatable bonds is 6. The number of benzene rings is 1. The van der Waals surface area contributed by atoms with Crippen molar-refractivity contribution in [1.29, 1.82) is 0 Å². The number of hydrogen-bond donors (Lipinski definition) is 1. The molecule has 0 radical (unpaired) electrons. The number of amides is 1. The molecule has 1 amide bonds. The summed E-state index contributed by atoms with van der Waals surface area (Å²) in [5, 5.41) is 2.69. The number of aromatic nitrogens is 3. The zero-order valence-corrected chi connectivity index (χ0v) is 14.7. The molecule has 0 aliphatic heterocycles. The van der Waals surface area contributed by atoms with Gasteiger partial charge in [-0.1, -0.05) is 18.2 Å². The summed E-state index contributed by atoms with van der Waals surface area (Å²) >= 11 is 0. The van der Waals surface area contributed by atoms with Crippen LogP contribution in [0.25, 0.3) is 11.0 Å². The van der Waals surface area contributed by atoms with Crippen molar-refractivity contribution in [3.8, 4) is 0 Å². The summed E-state index contributed by atoms with van der Waals surface area (Å²) in [6.45, 7) is 0.542. The highest BCUT2D eigenvalue weighted by atomic mass is 19.3. The average Bonchev–Trinajstić information content (AvgIpc) is 3.32. The maximum atomic E-state index is 12.7. The molecule has 0 unspecified atom stereocenters. The van der Waals surface area contributed by atoms with E-state index in [1.807, 2.05) is 47.0 Å². The van der Waals surface area contributed by atoms with E-state index in [0.29, 0.717) is 18.9 Å². The van der Waals surface area contributed by atoms with Crippen LogP contribution in [0.4, 0.5) is 14.7 Å². The second-order valence-electron chi connectivity index (χ2n) is 6.14. The second-order valence-corrected chi connectivity index (χ2v) is 6.14. The lowest BCUT2D eigenvalue weighted by Gasteiger charge is -2.09. The molecule has 0 aliphatic rings. The van der Waals surface area contributed by atoms with E-state index in [0.717, 1.165) is 29.1 Å². The third kappa shape index (κ3) is 3.62. The standard InChI is InChI=1S/C20H16F2N4O2/c21-18(22)17-11-13(12-28-17)19(27)25-20-24-15-6-1-2-7-16(15)26(20)10-8-14-5-3-4-9-23-14/h1-7,9,11-12,18H,8,10H2,(H,24,25,27). The van der Waals surface area contributed by atoms with E-state index in [-0.39, 0.29) is 5.56 Å². The van der Waals surface area contributed by atoms with Crippen molar-refractivity contribution in [3.05, 3.63) is 78.0 Å². The Kier molecular flexibility index (Phi) is 4.84. The summed E-state index contributed by atoms with van der Waals surface area (Å²) in [6.07, 6.45) is 0.608.